The fraction of sp³-hybridized carbons (Fsp3) is 0.458. The fourth-order valence-corrected chi connectivity index (χ4v) is 7.31. The van der Waals surface area contributed by atoms with Crippen LogP contribution in [0.25, 0.3) is 22.3 Å². The molecule has 0 saturated carbocycles. The van der Waals surface area contributed by atoms with Gasteiger partial charge < -0.3 is 28.8 Å². The second kappa shape index (κ2) is 23.4. The van der Waals surface area contributed by atoms with Crippen LogP contribution >= 0.6 is 0 Å². The van der Waals surface area contributed by atoms with E-state index in [1.165, 1.54) is 36.4 Å². The molecule has 0 aliphatic carbocycles. The molecule has 0 spiro atoms. The van der Waals surface area contributed by atoms with Gasteiger partial charge in [0.15, 0.2) is 28.9 Å². The summed E-state index contributed by atoms with van der Waals surface area (Å²) in [5.74, 6) is -7.29. The molecule has 0 radical (unpaired) electrons. The SMILES string of the molecule is C=CC1COC(CCCCCCCCOc2ccc(-c3ccc(O)c(F)c3F)c(F)c2)(CCCCCCCCOc2ccc(-c3ccc(OCC)c(F)c3F)c(F)c2)OC1. The molecular formula is C48H56F6O6. The van der Waals surface area contributed by atoms with Crippen LogP contribution in [0.1, 0.15) is 96.8 Å². The minimum atomic E-state index is -1.42. The number of phenolic OH excluding ortho intramolecular Hbond substituents is 1. The number of hydrogen-bond acceptors (Lipinski definition) is 6. The zero-order chi connectivity index (χ0) is 42.9. The first-order valence-corrected chi connectivity index (χ1v) is 21.1. The molecular weight excluding hydrogens is 787 g/mol. The van der Waals surface area contributed by atoms with Crippen LogP contribution in [0.3, 0.4) is 0 Å². The smallest absolute Gasteiger partial charge is 0.201 e. The van der Waals surface area contributed by atoms with Crippen molar-refractivity contribution in [1.82, 2.24) is 0 Å². The molecule has 1 heterocycles. The van der Waals surface area contributed by atoms with Crippen LogP contribution in [0, 0.1) is 40.8 Å². The van der Waals surface area contributed by atoms with Crippen molar-refractivity contribution < 1.29 is 55.1 Å². The molecule has 1 N–H and O–H groups in total. The topological polar surface area (TPSA) is 66.4 Å². The molecule has 0 amide bonds. The highest BCUT2D eigenvalue weighted by molar-refractivity contribution is 5.68. The molecule has 4 aromatic carbocycles. The summed E-state index contributed by atoms with van der Waals surface area (Å²) in [6.07, 6.45) is 15.3. The van der Waals surface area contributed by atoms with Gasteiger partial charge in [0.25, 0.3) is 0 Å². The van der Waals surface area contributed by atoms with E-state index < -0.39 is 46.4 Å². The van der Waals surface area contributed by atoms with Gasteiger partial charge in [0.1, 0.15) is 23.1 Å². The van der Waals surface area contributed by atoms with Crippen LogP contribution in [0.2, 0.25) is 0 Å². The van der Waals surface area contributed by atoms with Gasteiger partial charge in [-0.15, -0.1) is 6.58 Å². The van der Waals surface area contributed by atoms with Crippen LogP contribution in [0.4, 0.5) is 26.3 Å². The van der Waals surface area contributed by atoms with E-state index in [2.05, 4.69) is 6.58 Å². The number of aromatic hydroxyl groups is 1. The molecule has 5 rings (SSSR count). The summed E-state index contributed by atoms with van der Waals surface area (Å²) in [4.78, 5) is 0. The van der Waals surface area contributed by atoms with Gasteiger partial charge in [-0.1, -0.05) is 57.4 Å². The van der Waals surface area contributed by atoms with Crippen molar-refractivity contribution in [2.75, 3.05) is 33.0 Å². The molecule has 4 aromatic rings. The Balaban J connectivity index is 0.929. The van der Waals surface area contributed by atoms with Crippen LogP contribution in [-0.4, -0.2) is 43.9 Å². The van der Waals surface area contributed by atoms with E-state index in [1.54, 1.807) is 13.0 Å². The van der Waals surface area contributed by atoms with Crippen molar-refractivity contribution in [3.8, 4) is 45.3 Å². The molecule has 1 aliphatic rings. The molecule has 326 valence electrons. The molecule has 0 bridgehead atoms. The van der Waals surface area contributed by atoms with E-state index in [0.29, 0.717) is 37.9 Å². The van der Waals surface area contributed by atoms with Gasteiger partial charge in [0, 0.05) is 53.1 Å². The normalized spacial score (nSPS) is 16.5. The van der Waals surface area contributed by atoms with E-state index >= 15 is 0 Å². The molecule has 0 atom stereocenters. The summed E-state index contributed by atoms with van der Waals surface area (Å²) < 4.78 is 116. The Morgan fingerprint density at radius 3 is 1.52 bits per heavy atom. The second-order valence-corrected chi connectivity index (χ2v) is 15.2. The van der Waals surface area contributed by atoms with Crippen LogP contribution in [0.5, 0.6) is 23.0 Å². The Morgan fingerprint density at radius 2 is 1.03 bits per heavy atom. The van der Waals surface area contributed by atoms with Gasteiger partial charge in [-0.3, -0.25) is 0 Å². The Bertz CT molecular complexity index is 1980. The maximum Gasteiger partial charge on any atom is 0.201 e. The summed E-state index contributed by atoms with van der Waals surface area (Å²) >= 11 is 0. The Morgan fingerprint density at radius 1 is 0.583 bits per heavy atom. The van der Waals surface area contributed by atoms with Crippen LogP contribution in [-0.2, 0) is 9.47 Å². The van der Waals surface area contributed by atoms with Gasteiger partial charge in [0.05, 0.1) is 33.0 Å². The summed E-state index contributed by atoms with van der Waals surface area (Å²) in [6, 6.07) is 12.8. The maximum absolute atomic E-state index is 14.9. The van der Waals surface area contributed by atoms with E-state index in [4.69, 9.17) is 23.7 Å². The molecule has 12 heteroatoms. The van der Waals surface area contributed by atoms with Crippen molar-refractivity contribution >= 4 is 0 Å². The predicted molar refractivity (Wildman–Crippen MR) is 220 cm³/mol. The van der Waals surface area contributed by atoms with Gasteiger partial charge >= 0.3 is 0 Å². The molecule has 1 fully saturated rings. The zero-order valence-electron chi connectivity index (χ0n) is 34.3. The van der Waals surface area contributed by atoms with E-state index in [9.17, 15) is 31.4 Å². The largest absolute Gasteiger partial charge is 0.505 e. The van der Waals surface area contributed by atoms with E-state index in [1.807, 2.05) is 6.08 Å². The first-order chi connectivity index (χ1) is 29.1. The summed E-state index contributed by atoms with van der Waals surface area (Å²) in [6.45, 7) is 7.76. The van der Waals surface area contributed by atoms with Crippen LogP contribution in [0.15, 0.2) is 73.3 Å². The maximum atomic E-state index is 14.9. The van der Waals surface area contributed by atoms with E-state index in [0.717, 1.165) is 108 Å². The van der Waals surface area contributed by atoms with Crippen molar-refractivity contribution in [3.05, 3.63) is 108 Å². The molecule has 1 saturated heterocycles. The van der Waals surface area contributed by atoms with Crippen molar-refractivity contribution in [2.24, 2.45) is 5.92 Å². The number of unbranched alkanes of at least 4 members (excludes halogenated alkanes) is 10. The highest BCUT2D eigenvalue weighted by atomic mass is 19.2. The molecule has 0 unspecified atom stereocenters. The van der Waals surface area contributed by atoms with Gasteiger partial charge in [-0.05, 0) is 81.1 Å². The first-order valence-electron chi connectivity index (χ1n) is 21.1. The highest BCUT2D eigenvalue weighted by Crippen LogP contribution is 2.36. The Hall–Kier alpha value is -4.68. The van der Waals surface area contributed by atoms with Crippen molar-refractivity contribution in [2.45, 2.75) is 103 Å². The fourth-order valence-electron chi connectivity index (χ4n) is 7.31. The number of rotatable bonds is 25. The van der Waals surface area contributed by atoms with Crippen molar-refractivity contribution in [3.63, 3.8) is 0 Å². The average Bonchev–Trinajstić information content (AvgIpc) is 3.24. The summed E-state index contributed by atoms with van der Waals surface area (Å²) in [7, 11) is 0. The Kier molecular flexibility index (Phi) is 18.1. The number of benzene rings is 4. The molecule has 60 heavy (non-hydrogen) atoms. The lowest BCUT2D eigenvalue weighted by Crippen LogP contribution is -2.43. The third kappa shape index (κ3) is 12.9. The molecule has 6 nitrogen and oxygen atoms in total. The van der Waals surface area contributed by atoms with E-state index in [-0.39, 0.29) is 40.5 Å². The zero-order valence-corrected chi connectivity index (χ0v) is 34.3. The first kappa shape index (κ1) is 46.4. The van der Waals surface area contributed by atoms with Gasteiger partial charge in [-0.2, -0.15) is 8.78 Å². The second-order valence-electron chi connectivity index (χ2n) is 15.2. The monoisotopic (exact) mass is 842 g/mol. The summed E-state index contributed by atoms with van der Waals surface area (Å²) in [5, 5.41) is 9.34. The predicted octanol–water partition coefficient (Wildman–Crippen LogP) is 13.4. The third-order valence-corrected chi connectivity index (χ3v) is 10.8. The molecule has 1 aliphatic heterocycles. The van der Waals surface area contributed by atoms with Crippen molar-refractivity contribution in [1.29, 1.82) is 0 Å². The third-order valence-electron chi connectivity index (χ3n) is 10.8. The number of halogens is 6. The number of phenols is 1. The standard InChI is InChI=1S/C48H56F6O6/c1-3-33-31-59-48(60-32-33,25-13-9-5-7-11-15-27-57-34-17-19-36(40(49)29-34)38-21-23-42(55)46(53)44(38)51)26-14-10-6-8-12-16-28-58-35-18-20-37(41(50)30-35)39-22-24-43(56-4-2)47(54)45(39)52/h3,17-24,29-30,33,55H,1,4-16,25-28,31-32H2,2H3. The van der Waals surface area contributed by atoms with Gasteiger partial charge in [-0.25, -0.2) is 17.6 Å². The lowest BCUT2D eigenvalue weighted by Gasteiger charge is -2.40. The summed E-state index contributed by atoms with van der Waals surface area (Å²) in [5.41, 5.74) is -0.632. The lowest BCUT2D eigenvalue weighted by atomic mass is 9.97. The number of hydrogen-bond donors (Lipinski definition) is 1. The van der Waals surface area contributed by atoms with Crippen LogP contribution < -0.4 is 14.2 Å². The quantitative estimate of drug-likeness (QED) is 0.0407. The molecule has 0 aromatic heterocycles. The minimum absolute atomic E-state index is 0.0544. The minimum Gasteiger partial charge on any atom is -0.505 e. The van der Waals surface area contributed by atoms with Gasteiger partial charge in [0.2, 0.25) is 11.6 Å². The highest BCUT2D eigenvalue weighted by Gasteiger charge is 2.36. The Labute approximate surface area is 349 Å². The average molecular weight is 843 g/mol. The number of ether oxygens (including phenoxy) is 5. The lowest BCUT2D eigenvalue weighted by molar-refractivity contribution is -0.285.